The number of carbonyl (C=O) groups excluding carboxylic acids is 1. The Bertz CT molecular complexity index is 1030. The molecule has 8 heteroatoms. The number of hydrogen-bond donors (Lipinski definition) is 1. The van der Waals surface area contributed by atoms with E-state index in [0.29, 0.717) is 16.3 Å². The summed E-state index contributed by atoms with van der Waals surface area (Å²) in [6.45, 7) is 0. The number of thiazole rings is 1. The molecule has 0 aliphatic carbocycles. The van der Waals surface area contributed by atoms with Gasteiger partial charge in [0.25, 0.3) is 0 Å². The van der Waals surface area contributed by atoms with E-state index in [0.717, 1.165) is 16.2 Å². The van der Waals surface area contributed by atoms with E-state index in [9.17, 15) is 4.79 Å². The van der Waals surface area contributed by atoms with Crippen LogP contribution in [0.4, 0.5) is 11.4 Å². The lowest BCUT2D eigenvalue weighted by Gasteiger charge is -2.06. The molecule has 27 heavy (non-hydrogen) atoms. The quantitative estimate of drug-likeness (QED) is 0.679. The highest BCUT2D eigenvalue weighted by molar-refractivity contribution is 7.07. The zero-order chi connectivity index (χ0) is 18.5. The fourth-order valence-corrected chi connectivity index (χ4v) is 3.33. The number of nitrogens with zero attached hydrogens (tertiary/aromatic N) is 3. The van der Waals surface area contributed by atoms with Gasteiger partial charge in [-0.25, -0.2) is 4.99 Å². The van der Waals surface area contributed by atoms with Crippen LogP contribution in [0, 0.1) is 11.3 Å². The van der Waals surface area contributed by atoms with E-state index in [1.165, 1.54) is 11.3 Å². The van der Waals surface area contributed by atoms with Crippen LogP contribution < -0.4 is 10.1 Å². The number of rotatable bonds is 4. The van der Waals surface area contributed by atoms with Crippen LogP contribution in [0.1, 0.15) is 11.3 Å². The molecule has 1 N–H and O–H groups in total. The minimum absolute atomic E-state index is 0. The molecule has 0 spiro atoms. The molecule has 0 saturated carbocycles. The number of hydrogen-bond acceptors (Lipinski definition) is 4. The Morgan fingerprint density at radius 3 is 2.52 bits per heavy atom. The molecule has 0 fully saturated rings. The van der Waals surface area contributed by atoms with E-state index in [-0.39, 0.29) is 24.7 Å². The summed E-state index contributed by atoms with van der Waals surface area (Å²) in [6, 6.07) is 16.1. The van der Waals surface area contributed by atoms with E-state index in [2.05, 4.69) is 10.3 Å². The van der Waals surface area contributed by atoms with E-state index in [4.69, 9.17) is 16.9 Å². The van der Waals surface area contributed by atoms with E-state index < -0.39 is 0 Å². The Morgan fingerprint density at radius 2 is 1.89 bits per heavy atom. The Balaban J connectivity index is 0.00000261. The monoisotopic (exact) mass is 418 g/mol. The summed E-state index contributed by atoms with van der Waals surface area (Å²) in [5.41, 5.74) is 2.90. The van der Waals surface area contributed by atoms with Gasteiger partial charge in [-0.1, -0.05) is 11.6 Å². The third-order valence-electron chi connectivity index (χ3n) is 3.71. The van der Waals surface area contributed by atoms with Crippen LogP contribution in [0.15, 0.2) is 58.9 Å². The summed E-state index contributed by atoms with van der Waals surface area (Å²) in [5.74, 6) is -0.124. The smallest absolute Gasteiger partial charge is 0.230 e. The van der Waals surface area contributed by atoms with E-state index >= 15 is 0 Å². The summed E-state index contributed by atoms with van der Waals surface area (Å²) >= 11 is 7.36. The average molecular weight is 419 g/mol. The fourth-order valence-electron chi connectivity index (χ4n) is 2.29. The number of anilines is 1. The number of aromatic nitrogens is 1. The molecule has 3 rings (SSSR count). The highest BCUT2D eigenvalue weighted by atomic mass is 35.5. The van der Waals surface area contributed by atoms with Gasteiger partial charge in [-0.2, -0.15) is 5.26 Å². The molecule has 1 amide bonds. The van der Waals surface area contributed by atoms with Gasteiger partial charge in [-0.05, 0) is 48.5 Å². The van der Waals surface area contributed by atoms with Crippen LogP contribution in [0.5, 0.6) is 0 Å². The van der Waals surface area contributed by atoms with E-state index in [1.54, 1.807) is 36.4 Å². The van der Waals surface area contributed by atoms with Gasteiger partial charge in [0.1, 0.15) is 0 Å². The SMILES string of the molecule is Cl.Cn1c(CC(=O)Nc2ccc(C#N)cc2)csc1=Nc1ccc(Cl)cc1. The van der Waals surface area contributed by atoms with Crippen molar-refractivity contribution in [2.45, 2.75) is 6.42 Å². The lowest BCUT2D eigenvalue weighted by Crippen LogP contribution is -2.19. The summed E-state index contributed by atoms with van der Waals surface area (Å²) in [5, 5.41) is 14.2. The first kappa shape index (κ1) is 20.7. The van der Waals surface area contributed by atoms with Crippen molar-refractivity contribution >= 4 is 52.6 Å². The number of halogens is 2. The summed E-state index contributed by atoms with van der Waals surface area (Å²) < 4.78 is 1.90. The number of amides is 1. The van der Waals surface area contributed by atoms with E-state index in [1.807, 2.05) is 35.2 Å². The maximum atomic E-state index is 12.3. The third-order valence-corrected chi connectivity index (χ3v) is 4.93. The summed E-state index contributed by atoms with van der Waals surface area (Å²) in [6.07, 6.45) is 0.239. The molecule has 1 heterocycles. The molecule has 3 aromatic rings. The molecule has 0 bridgehead atoms. The fraction of sp³-hybridized carbons (Fsp3) is 0.105. The van der Waals surface area contributed by atoms with Gasteiger partial charge >= 0.3 is 0 Å². The number of nitrogens with one attached hydrogen (secondary N) is 1. The zero-order valence-corrected chi connectivity index (χ0v) is 16.7. The molecule has 0 aliphatic heterocycles. The molecule has 0 unspecified atom stereocenters. The van der Waals surface area contributed by atoms with Crippen LogP contribution in [-0.4, -0.2) is 10.5 Å². The van der Waals surface area contributed by atoms with Crippen molar-refractivity contribution in [1.29, 1.82) is 5.26 Å². The van der Waals surface area contributed by atoms with Crippen molar-refractivity contribution in [2.75, 3.05) is 5.32 Å². The normalized spacial score (nSPS) is 10.8. The predicted octanol–water partition coefficient (Wildman–Crippen LogP) is 4.45. The maximum Gasteiger partial charge on any atom is 0.230 e. The van der Waals surface area contributed by atoms with Crippen LogP contribution in [0.25, 0.3) is 0 Å². The van der Waals surface area contributed by atoms with Crippen molar-refractivity contribution < 1.29 is 4.79 Å². The standard InChI is InChI=1S/C19H15ClN4OS.ClH/c1-24-17(10-18(25)22-15-6-2-13(11-21)3-7-15)12-26-19(24)23-16-8-4-14(20)5-9-16;/h2-9,12H,10H2,1H3,(H,22,25);1H. The molecule has 0 aliphatic rings. The van der Waals surface area contributed by atoms with Crippen LogP contribution in [0.3, 0.4) is 0 Å². The molecule has 2 aromatic carbocycles. The lowest BCUT2D eigenvalue weighted by molar-refractivity contribution is -0.115. The second kappa shape index (κ2) is 9.38. The Labute approximate surface area is 172 Å². The van der Waals surface area contributed by atoms with Gasteiger partial charge in [0.05, 0.1) is 23.7 Å². The minimum Gasteiger partial charge on any atom is -0.326 e. The van der Waals surface area contributed by atoms with Crippen LogP contribution >= 0.6 is 35.3 Å². The van der Waals surface area contributed by atoms with Gasteiger partial charge in [0.15, 0.2) is 4.80 Å². The van der Waals surface area contributed by atoms with Crippen LogP contribution in [0.2, 0.25) is 5.02 Å². The topological polar surface area (TPSA) is 70.2 Å². The molecule has 0 atom stereocenters. The molecule has 138 valence electrons. The van der Waals surface area contributed by atoms with Crippen molar-refractivity contribution in [2.24, 2.45) is 12.0 Å². The van der Waals surface area contributed by atoms with Gasteiger partial charge in [0.2, 0.25) is 5.91 Å². The van der Waals surface area contributed by atoms with Crippen LogP contribution in [-0.2, 0) is 18.3 Å². The van der Waals surface area contributed by atoms with Crippen molar-refractivity contribution in [3.8, 4) is 6.07 Å². The van der Waals surface area contributed by atoms with Gasteiger partial charge < -0.3 is 9.88 Å². The highest BCUT2D eigenvalue weighted by Gasteiger charge is 2.09. The summed E-state index contributed by atoms with van der Waals surface area (Å²) in [7, 11) is 1.88. The predicted molar refractivity (Wildman–Crippen MR) is 111 cm³/mol. The average Bonchev–Trinajstić information content (AvgIpc) is 2.97. The van der Waals surface area contributed by atoms with Gasteiger partial charge in [0, 0.05) is 28.8 Å². The lowest BCUT2D eigenvalue weighted by atomic mass is 10.2. The maximum absolute atomic E-state index is 12.3. The second-order valence-electron chi connectivity index (χ2n) is 5.57. The van der Waals surface area contributed by atoms with Crippen molar-refractivity contribution in [3.05, 3.63) is 75.0 Å². The molecular formula is C19H16Cl2N4OS. The first-order valence-electron chi connectivity index (χ1n) is 7.79. The zero-order valence-electron chi connectivity index (χ0n) is 14.3. The first-order valence-corrected chi connectivity index (χ1v) is 9.04. The molecule has 0 saturated heterocycles. The first-order chi connectivity index (χ1) is 12.5. The summed E-state index contributed by atoms with van der Waals surface area (Å²) in [4.78, 5) is 17.6. The molecule has 0 radical (unpaired) electrons. The Morgan fingerprint density at radius 1 is 1.22 bits per heavy atom. The number of benzene rings is 2. The minimum atomic E-state index is -0.124. The molecular weight excluding hydrogens is 403 g/mol. The highest BCUT2D eigenvalue weighted by Crippen LogP contribution is 2.16. The van der Waals surface area contributed by atoms with Gasteiger partial charge in [-0.15, -0.1) is 23.7 Å². The molecule has 1 aromatic heterocycles. The largest absolute Gasteiger partial charge is 0.326 e. The Kier molecular flexibility index (Phi) is 7.19. The number of nitriles is 1. The van der Waals surface area contributed by atoms with Gasteiger partial charge in [-0.3, -0.25) is 4.79 Å². The van der Waals surface area contributed by atoms with Crippen molar-refractivity contribution in [3.63, 3.8) is 0 Å². The Hall–Kier alpha value is -2.59. The third kappa shape index (κ3) is 5.44. The second-order valence-corrected chi connectivity index (χ2v) is 6.84. The van der Waals surface area contributed by atoms with Crippen molar-refractivity contribution in [1.82, 2.24) is 4.57 Å². The molecule has 5 nitrogen and oxygen atoms in total. The number of carbonyl (C=O) groups is 1.